The molecule has 0 aliphatic rings. The second-order valence-corrected chi connectivity index (χ2v) is 8.79. The van der Waals surface area contributed by atoms with Crippen molar-refractivity contribution >= 4 is 37.9 Å². The molecular weight excluding hydrogens is 346 g/mol. The van der Waals surface area contributed by atoms with Crippen LogP contribution in [-0.4, -0.2) is 41.9 Å². The summed E-state index contributed by atoms with van der Waals surface area (Å²) in [5.41, 5.74) is 7.64. The molecule has 0 aliphatic carbocycles. The summed E-state index contributed by atoms with van der Waals surface area (Å²) in [6, 6.07) is 5.84. The molecule has 0 unspecified atom stereocenters. The predicted octanol–water partition coefficient (Wildman–Crippen LogP) is 1.47. The van der Waals surface area contributed by atoms with Crippen molar-refractivity contribution in [1.82, 2.24) is 20.3 Å². The Morgan fingerprint density at radius 1 is 1.25 bits per heavy atom. The number of rotatable bonds is 6. The van der Waals surface area contributed by atoms with Gasteiger partial charge in [-0.2, -0.15) is 0 Å². The van der Waals surface area contributed by atoms with Crippen molar-refractivity contribution in [3.05, 3.63) is 35.7 Å². The maximum Gasteiger partial charge on any atom is 0.148 e. The van der Waals surface area contributed by atoms with Gasteiger partial charge in [0.25, 0.3) is 0 Å². The molecule has 0 aliphatic heterocycles. The first-order chi connectivity index (χ1) is 11.4. The number of fused-ring (bicyclic) bond motifs is 1. The first-order valence-corrected chi connectivity index (χ1v) is 10.1. The van der Waals surface area contributed by atoms with E-state index in [9.17, 15) is 8.42 Å². The van der Waals surface area contributed by atoms with E-state index in [1.54, 1.807) is 11.3 Å². The number of nitrogens with two attached hydrogens (primary N) is 1. The molecule has 3 aromatic rings. The minimum absolute atomic E-state index is 0.122. The van der Waals surface area contributed by atoms with Gasteiger partial charge in [0.1, 0.15) is 27.0 Å². The number of hydrogen-bond acceptors (Lipinski definition) is 8. The average molecular weight is 363 g/mol. The Labute approximate surface area is 143 Å². The van der Waals surface area contributed by atoms with Crippen LogP contribution in [0.1, 0.15) is 5.01 Å². The van der Waals surface area contributed by atoms with Gasteiger partial charge < -0.3 is 11.1 Å². The van der Waals surface area contributed by atoms with Crippen molar-refractivity contribution in [2.75, 3.05) is 24.3 Å². The fourth-order valence-corrected chi connectivity index (χ4v) is 3.61. The fraction of sp³-hybridized carbons (Fsp3) is 0.267. The highest BCUT2D eigenvalue weighted by atomic mass is 32.2. The quantitative estimate of drug-likeness (QED) is 0.638. The minimum atomic E-state index is -2.94. The molecule has 2 heterocycles. The number of thiazole rings is 1. The Kier molecular flexibility index (Phi) is 4.74. The summed E-state index contributed by atoms with van der Waals surface area (Å²) in [6.07, 6.45) is 4.49. The van der Waals surface area contributed by atoms with Crippen LogP contribution in [0.3, 0.4) is 0 Å². The van der Waals surface area contributed by atoms with E-state index < -0.39 is 9.84 Å². The van der Waals surface area contributed by atoms with Gasteiger partial charge in [0.05, 0.1) is 16.1 Å². The molecule has 9 heteroatoms. The number of nitrogens with zero attached hydrogens (tertiary/aromatic N) is 3. The third kappa shape index (κ3) is 4.05. The highest BCUT2D eigenvalue weighted by molar-refractivity contribution is 7.90. The SMILES string of the molecule is CS(=O)(=O)CCNCc1ncc(-c2ccc3c(N)ncnc3c2)s1. The Hall–Kier alpha value is -2.10. The first-order valence-electron chi connectivity index (χ1n) is 7.26. The van der Waals surface area contributed by atoms with E-state index in [1.807, 2.05) is 24.4 Å². The summed E-state index contributed by atoms with van der Waals surface area (Å²) in [5.74, 6) is 0.587. The van der Waals surface area contributed by atoms with E-state index in [-0.39, 0.29) is 5.75 Å². The third-order valence-corrected chi connectivity index (χ3v) is 5.42. The average Bonchev–Trinajstić information content (AvgIpc) is 2.99. The van der Waals surface area contributed by atoms with Crippen molar-refractivity contribution in [2.24, 2.45) is 0 Å². The molecule has 0 saturated heterocycles. The van der Waals surface area contributed by atoms with E-state index in [0.29, 0.717) is 18.9 Å². The molecule has 0 bridgehead atoms. The molecule has 1 aromatic carbocycles. The minimum Gasteiger partial charge on any atom is -0.383 e. The van der Waals surface area contributed by atoms with Crippen LogP contribution in [0.5, 0.6) is 0 Å². The van der Waals surface area contributed by atoms with Crippen LogP contribution in [0, 0.1) is 0 Å². The van der Waals surface area contributed by atoms with Gasteiger partial charge in [-0.05, 0) is 17.7 Å². The molecule has 7 nitrogen and oxygen atoms in total. The maximum atomic E-state index is 11.1. The van der Waals surface area contributed by atoms with Gasteiger partial charge in [0.2, 0.25) is 0 Å². The van der Waals surface area contributed by atoms with Crippen molar-refractivity contribution in [3.63, 3.8) is 0 Å². The largest absolute Gasteiger partial charge is 0.383 e. The summed E-state index contributed by atoms with van der Waals surface area (Å²) in [6.45, 7) is 0.961. The Bertz CT molecular complexity index is 969. The van der Waals surface area contributed by atoms with Crippen molar-refractivity contribution < 1.29 is 8.42 Å². The van der Waals surface area contributed by atoms with Gasteiger partial charge >= 0.3 is 0 Å². The molecule has 0 radical (unpaired) electrons. The van der Waals surface area contributed by atoms with E-state index in [1.165, 1.54) is 12.6 Å². The van der Waals surface area contributed by atoms with E-state index in [4.69, 9.17) is 5.73 Å². The zero-order chi connectivity index (χ0) is 17.2. The molecule has 24 heavy (non-hydrogen) atoms. The molecule has 3 N–H and O–H groups in total. The van der Waals surface area contributed by atoms with Crippen LogP contribution in [0.2, 0.25) is 0 Å². The molecule has 3 rings (SSSR count). The van der Waals surface area contributed by atoms with E-state index in [2.05, 4.69) is 20.3 Å². The third-order valence-electron chi connectivity index (χ3n) is 3.43. The Morgan fingerprint density at radius 2 is 2.08 bits per heavy atom. The number of benzene rings is 1. The number of anilines is 1. The smallest absolute Gasteiger partial charge is 0.148 e. The first kappa shape index (κ1) is 16.7. The van der Waals surface area contributed by atoms with Crippen LogP contribution in [0.15, 0.2) is 30.7 Å². The lowest BCUT2D eigenvalue weighted by molar-refractivity contribution is 0.596. The van der Waals surface area contributed by atoms with Crippen molar-refractivity contribution in [3.8, 4) is 10.4 Å². The zero-order valence-electron chi connectivity index (χ0n) is 13.1. The highest BCUT2D eigenvalue weighted by Gasteiger charge is 2.08. The number of sulfone groups is 1. The maximum absolute atomic E-state index is 11.1. The molecule has 0 spiro atoms. The molecule has 2 aromatic heterocycles. The van der Waals surface area contributed by atoms with Crippen LogP contribution in [0.4, 0.5) is 5.82 Å². The topological polar surface area (TPSA) is 111 Å². The zero-order valence-corrected chi connectivity index (χ0v) is 14.7. The van der Waals surface area contributed by atoms with E-state index >= 15 is 0 Å². The van der Waals surface area contributed by atoms with Crippen LogP contribution in [0.25, 0.3) is 21.3 Å². The van der Waals surface area contributed by atoms with Crippen LogP contribution >= 0.6 is 11.3 Å². The molecule has 0 saturated carbocycles. The Balaban J connectivity index is 1.71. The Morgan fingerprint density at radius 3 is 2.88 bits per heavy atom. The lowest BCUT2D eigenvalue weighted by Crippen LogP contribution is -2.21. The fourth-order valence-electron chi connectivity index (χ4n) is 2.21. The summed E-state index contributed by atoms with van der Waals surface area (Å²) in [7, 11) is -2.94. The van der Waals surface area contributed by atoms with Gasteiger partial charge in [0, 0.05) is 30.9 Å². The van der Waals surface area contributed by atoms with Gasteiger partial charge in [-0.3, -0.25) is 0 Å². The number of nitrogen functional groups attached to an aromatic ring is 1. The normalized spacial score (nSPS) is 11.9. The van der Waals surface area contributed by atoms with Gasteiger partial charge in [-0.1, -0.05) is 6.07 Å². The standard InChI is InChI=1S/C15H17N5O2S2/c1-24(21,22)5-4-17-8-14-18-7-13(23-14)10-2-3-11-12(6-10)19-9-20-15(11)16/h2-3,6-7,9,17H,4-5,8H2,1H3,(H2,16,19,20). The molecule has 126 valence electrons. The van der Waals surface area contributed by atoms with Gasteiger partial charge in [-0.25, -0.2) is 23.4 Å². The van der Waals surface area contributed by atoms with Crippen molar-refractivity contribution in [2.45, 2.75) is 6.54 Å². The number of nitrogens with one attached hydrogen (secondary N) is 1. The predicted molar refractivity (Wildman–Crippen MR) is 96.5 cm³/mol. The van der Waals surface area contributed by atoms with Gasteiger partial charge in [0.15, 0.2) is 0 Å². The molecule has 0 fully saturated rings. The van der Waals surface area contributed by atoms with Gasteiger partial charge in [-0.15, -0.1) is 11.3 Å². The number of hydrogen-bond donors (Lipinski definition) is 2. The second kappa shape index (κ2) is 6.80. The summed E-state index contributed by atoms with van der Waals surface area (Å²) in [5, 5.41) is 4.82. The molecule has 0 amide bonds. The van der Waals surface area contributed by atoms with E-state index in [0.717, 1.165) is 26.4 Å². The van der Waals surface area contributed by atoms with Crippen LogP contribution < -0.4 is 11.1 Å². The van der Waals surface area contributed by atoms with Crippen molar-refractivity contribution in [1.29, 1.82) is 0 Å². The highest BCUT2D eigenvalue weighted by Crippen LogP contribution is 2.29. The molecular formula is C15H17N5O2S2. The lowest BCUT2D eigenvalue weighted by atomic mass is 10.1. The summed E-state index contributed by atoms with van der Waals surface area (Å²) < 4.78 is 22.2. The molecule has 0 atom stereocenters. The summed E-state index contributed by atoms with van der Waals surface area (Å²) in [4.78, 5) is 13.6. The lowest BCUT2D eigenvalue weighted by Gasteiger charge is -2.02. The second-order valence-electron chi connectivity index (χ2n) is 5.42. The van der Waals surface area contributed by atoms with Crippen LogP contribution in [-0.2, 0) is 16.4 Å². The summed E-state index contributed by atoms with van der Waals surface area (Å²) >= 11 is 1.56. The monoisotopic (exact) mass is 363 g/mol. The number of aromatic nitrogens is 3.